The zero-order chi connectivity index (χ0) is 9.19. The van der Waals surface area contributed by atoms with Crippen LogP contribution in [0.3, 0.4) is 0 Å². The molecule has 0 radical (unpaired) electrons. The van der Waals surface area contributed by atoms with E-state index < -0.39 is 16.1 Å². The van der Waals surface area contributed by atoms with Gasteiger partial charge < -0.3 is 9.90 Å². The number of hydrogen-bond donors (Lipinski definition) is 1. The molecule has 1 aromatic rings. The first-order valence-corrected chi connectivity index (χ1v) is 5.16. The van der Waals surface area contributed by atoms with Crippen molar-refractivity contribution in [3.63, 3.8) is 0 Å². The molecule has 0 saturated carbocycles. The quantitative estimate of drug-likeness (QED) is 0.698. The van der Waals surface area contributed by atoms with Crippen LogP contribution in [-0.2, 0) is 10.0 Å². The van der Waals surface area contributed by atoms with Gasteiger partial charge in [0.05, 0.1) is 0 Å². The van der Waals surface area contributed by atoms with Gasteiger partial charge in [0.25, 0.3) is 10.0 Å². The molecule has 66 valence electrons. The summed E-state index contributed by atoms with van der Waals surface area (Å²) >= 11 is 0.930. The number of nitrogens with one attached hydrogen (secondary N) is 1. The number of hydrogen-bond acceptors (Lipinski definition) is 5. The molecular weight excluding hydrogens is 202 g/mol. The molecule has 0 aliphatic rings. The maximum absolute atomic E-state index is 11.0. The third-order valence-electron chi connectivity index (χ3n) is 0.978. The predicted octanol–water partition coefficient (Wildman–Crippen LogP) is -0.630. The van der Waals surface area contributed by atoms with Gasteiger partial charge in [-0.15, -0.1) is 11.3 Å². The lowest BCUT2D eigenvalue weighted by molar-refractivity contribution is -0.247. The Kier molecular flexibility index (Phi) is 2.34. The second kappa shape index (κ2) is 3.11. The minimum atomic E-state index is -3.91. The van der Waals surface area contributed by atoms with Crippen molar-refractivity contribution < 1.29 is 18.3 Å². The second-order valence-corrected chi connectivity index (χ2v) is 4.68. The Morgan fingerprint density at radius 2 is 2.25 bits per heavy atom. The first-order valence-electron chi connectivity index (χ1n) is 2.79. The Morgan fingerprint density at radius 3 is 2.67 bits per heavy atom. The summed E-state index contributed by atoms with van der Waals surface area (Å²) in [5.74, 6) is 0. The van der Waals surface area contributed by atoms with Crippen molar-refractivity contribution in [1.29, 1.82) is 0 Å². The second-order valence-electron chi connectivity index (χ2n) is 1.83. The molecule has 0 bridgehead atoms. The van der Waals surface area contributed by atoms with Crippen LogP contribution in [-0.4, -0.2) is 14.5 Å². The summed E-state index contributed by atoms with van der Waals surface area (Å²) in [6.45, 7) is 0. The summed E-state index contributed by atoms with van der Waals surface area (Å²) in [5.41, 5.74) is 0. The molecule has 1 N–H and O–H groups in total. The number of carbonyl (C=O) groups is 1. The molecule has 0 spiro atoms. The van der Waals surface area contributed by atoms with Crippen LogP contribution in [0.25, 0.3) is 0 Å². The standard InChI is InChI=1S/C5H5NO4S2/c7-5(8)6-12(9,10)4-2-1-3-11-4/h1-3,6H,(H,7,8)/p-1. The van der Waals surface area contributed by atoms with Crippen LogP contribution < -0.4 is 9.83 Å². The van der Waals surface area contributed by atoms with E-state index in [9.17, 15) is 18.3 Å². The molecule has 0 fully saturated rings. The van der Waals surface area contributed by atoms with E-state index in [1.807, 2.05) is 0 Å². The molecular formula is C5H4NO4S2-. The molecule has 0 atom stereocenters. The lowest BCUT2D eigenvalue weighted by Gasteiger charge is -2.04. The van der Waals surface area contributed by atoms with Crippen LogP contribution >= 0.6 is 11.3 Å². The average Bonchev–Trinajstić information content (AvgIpc) is 2.32. The number of sulfonamides is 1. The van der Waals surface area contributed by atoms with E-state index in [0.717, 1.165) is 11.3 Å². The lowest BCUT2D eigenvalue weighted by Crippen LogP contribution is -2.40. The minimum absolute atomic E-state index is 0.0494. The molecule has 1 heterocycles. The summed E-state index contributed by atoms with van der Waals surface area (Å²) < 4.78 is 23.2. The highest BCUT2D eigenvalue weighted by Gasteiger charge is 2.13. The predicted molar refractivity (Wildman–Crippen MR) is 40.0 cm³/mol. The molecule has 1 amide bonds. The zero-order valence-corrected chi connectivity index (χ0v) is 7.31. The highest BCUT2D eigenvalue weighted by molar-refractivity contribution is 7.92. The zero-order valence-electron chi connectivity index (χ0n) is 5.68. The van der Waals surface area contributed by atoms with Gasteiger partial charge in [0.15, 0.2) is 0 Å². The van der Waals surface area contributed by atoms with Gasteiger partial charge in [-0.05, 0) is 11.4 Å². The highest BCUT2D eigenvalue weighted by Crippen LogP contribution is 2.14. The maximum atomic E-state index is 11.0. The smallest absolute Gasteiger partial charge is 0.272 e. The van der Waals surface area contributed by atoms with Crippen LogP contribution in [0.5, 0.6) is 0 Å². The van der Waals surface area contributed by atoms with E-state index in [0.29, 0.717) is 0 Å². The first kappa shape index (κ1) is 9.01. The Balaban J connectivity index is 2.96. The topological polar surface area (TPSA) is 86.3 Å². The van der Waals surface area contributed by atoms with Crippen molar-refractivity contribution in [2.75, 3.05) is 0 Å². The lowest BCUT2D eigenvalue weighted by atomic mass is 10.7. The fraction of sp³-hybridized carbons (Fsp3) is 0. The van der Waals surface area contributed by atoms with Crippen LogP contribution in [0.2, 0.25) is 0 Å². The van der Waals surface area contributed by atoms with E-state index in [1.165, 1.54) is 22.2 Å². The van der Waals surface area contributed by atoms with Crippen LogP contribution in [0.4, 0.5) is 4.79 Å². The van der Waals surface area contributed by atoms with Crippen LogP contribution in [0.1, 0.15) is 0 Å². The third kappa shape index (κ3) is 1.95. The van der Waals surface area contributed by atoms with Crippen LogP contribution in [0.15, 0.2) is 21.7 Å². The molecule has 12 heavy (non-hydrogen) atoms. The van der Waals surface area contributed by atoms with Crippen molar-refractivity contribution in [3.8, 4) is 0 Å². The van der Waals surface area contributed by atoms with E-state index >= 15 is 0 Å². The molecule has 0 unspecified atom stereocenters. The minimum Gasteiger partial charge on any atom is -0.529 e. The molecule has 0 saturated heterocycles. The fourth-order valence-electron chi connectivity index (χ4n) is 0.576. The van der Waals surface area contributed by atoms with Gasteiger partial charge in [0, 0.05) is 0 Å². The van der Waals surface area contributed by atoms with E-state index in [2.05, 4.69) is 0 Å². The number of carboxylic acid groups (broad SMARTS) is 1. The molecule has 0 aliphatic heterocycles. The average molecular weight is 206 g/mol. The Labute approximate surface area is 72.7 Å². The van der Waals surface area contributed by atoms with Crippen molar-refractivity contribution in [1.82, 2.24) is 4.72 Å². The monoisotopic (exact) mass is 206 g/mol. The fourth-order valence-corrected chi connectivity index (χ4v) is 2.40. The Bertz CT molecular complexity index is 366. The van der Waals surface area contributed by atoms with Gasteiger partial charge in [-0.3, -0.25) is 4.72 Å². The van der Waals surface area contributed by atoms with Crippen LogP contribution in [0, 0.1) is 0 Å². The SMILES string of the molecule is O=C([O-])NS(=O)(=O)c1cccs1. The molecule has 5 nitrogen and oxygen atoms in total. The first-order chi connectivity index (χ1) is 5.52. The van der Waals surface area contributed by atoms with E-state index in [1.54, 1.807) is 0 Å². The van der Waals surface area contributed by atoms with Gasteiger partial charge in [0.2, 0.25) is 0 Å². The van der Waals surface area contributed by atoms with Crippen molar-refractivity contribution in [3.05, 3.63) is 17.5 Å². The van der Waals surface area contributed by atoms with E-state index in [-0.39, 0.29) is 4.21 Å². The summed E-state index contributed by atoms with van der Waals surface area (Å²) in [6, 6.07) is 2.81. The van der Waals surface area contributed by atoms with Gasteiger partial charge in [-0.2, -0.15) is 0 Å². The van der Waals surface area contributed by atoms with Gasteiger partial charge in [0.1, 0.15) is 10.3 Å². The number of amides is 1. The summed E-state index contributed by atoms with van der Waals surface area (Å²) in [6.07, 6.45) is -1.83. The molecule has 0 aromatic carbocycles. The Morgan fingerprint density at radius 1 is 1.58 bits per heavy atom. The van der Waals surface area contributed by atoms with Gasteiger partial charge in [-0.25, -0.2) is 8.42 Å². The van der Waals surface area contributed by atoms with Gasteiger partial charge in [-0.1, -0.05) is 6.07 Å². The maximum Gasteiger partial charge on any atom is 0.272 e. The molecule has 1 rings (SSSR count). The van der Waals surface area contributed by atoms with Crippen molar-refractivity contribution in [2.45, 2.75) is 4.21 Å². The highest BCUT2D eigenvalue weighted by atomic mass is 32.2. The third-order valence-corrected chi connectivity index (χ3v) is 3.69. The van der Waals surface area contributed by atoms with Crippen molar-refractivity contribution in [2.24, 2.45) is 0 Å². The number of rotatable bonds is 2. The molecule has 1 aromatic heterocycles. The molecule has 0 aliphatic carbocycles. The molecule has 7 heteroatoms. The summed E-state index contributed by atoms with van der Waals surface area (Å²) in [7, 11) is -3.91. The number of thiophene rings is 1. The number of carbonyl (C=O) groups excluding carboxylic acids is 1. The summed E-state index contributed by atoms with van der Waals surface area (Å²) in [5, 5.41) is 11.4. The summed E-state index contributed by atoms with van der Waals surface area (Å²) in [4.78, 5) is 9.91. The largest absolute Gasteiger partial charge is 0.529 e. The van der Waals surface area contributed by atoms with Gasteiger partial charge >= 0.3 is 0 Å². The van der Waals surface area contributed by atoms with Crippen molar-refractivity contribution >= 4 is 27.5 Å². The van der Waals surface area contributed by atoms with E-state index in [4.69, 9.17) is 0 Å². The Hall–Kier alpha value is -1.08. The normalized spacial score (nSPS) is 11.0.